The van der Waals surface area contributed by atoms with Crippen LogP contribution < -0.4 is 19.5 Å². The minimum Gasteiger partial charge on any atom is -0.507 e. The Labute approximate surface area is 247 Å². The highest BCUT2D eigenvalue weighted by Gasteiger charge is 2.23. The molecule has 0 saturated carbocycles. The number of hydrogen-bond acceptors (Lipinski definition) is 7. The Hall–Kier alpha value is -5.29. The van der Waals surface area contributed by atoms with Crippen LogP contribution in [0.4, 0.5) is 10.5 Å². The van der Waals surface area contributed by atoms with Gasteiger partial charge in [-0.15, -0.1) is 0 Å². The zero-order chi connectivity index (χ0) is 30.6. The molecule has 0 aliphatic carbocycles. The van der Waals surface area contributed by atoms with Gasteiger partial charge in [0.15, 0.2) is 0 Å². The van der Waals surface area contributed by atoms with Crippen molar-refractivity contribution in [2.75, 3.05) is 18.4 Å². The second-order valence-corrected chi connectivity index (χ2v) is 11.3. The number of phenols is 1. The van der Waals surface area contributed by atoms with Crippen molar-refractivity contribution < 1.29 is 37.7 Å². The minimum absolute atomic E-state index is 0.0146. The Morgan fingerprint density at radius 1 is 0.860 bits per heavy atom. The summed E-state index contributed by atoms with van der Waals surface area (Å²) in [4.78, 5) is 23.5. The summed E-state index contributed by atoms with van der Waals surface area (Å²) in [5.41, 5.74) is 0.805. The van der Waals surface area contributed by atoms with E-state index in [0.29, 0.717) is 27.5 Å². The third-order valence-corrected chi connectivity index (χ3v) is 8.21. The number of methoxy groups -OCH3 is 1. The van der Waals surface area contributed by atoms with E-state index in [1.54, 1.807) is 60.7 Å². The number of aromatic hydroxyl groups is 1. The standard InChI is InChI=1S/C32H28N2O8S/c1-41-21-13-15-22(16-14-21)43(39,40)34-27-19-26(31(37)25-10-5-4-9-24(25)27)30-23-8-3-2-7-20(23)12-17-28(30)42-32(38)33-18-6-11-29(35)36/h2-5,7-10,12-17,19,34,37H,6,11,18H2,1H3,(H,33,38)(H,35,36). The van der Waals surface area contributed by atoms with Gasteiger partial charge in [-0.3, -0.25) is 9.52 Å². The van der Waals surface area contributed by atoms with Gasteiger partial charge in [-0.2, -0.15) is 0 Å². The number of carbonyl (C=O) groups is 2. The summed E-state index contributed by atoms with van der Waals surface area (Å²) in [6, 6.07) is 24.9. The number of phenolic OH excluding ortho intramolecular Hbond substituents is 1. The topological polar surface area (TPSA) is 151 Å². The number of carboxylic acid groups (broad SMARTS) is 1. The number of carboxylic acids is 1. The van der Waals surface area contributed by atoms with Gasteiger partial charge in [0.25, 0.3) is 10.0 Å². The zero-order valence-corrected chi connectivity index (χ0v) is 23.9. The number of hydrogen-bond donors (Lipinski definition) is 4. The average Bonchev–Trinajstić information content (AvgIpc) is 3.01. The van der Waals surface area contributed by atoms with Crippen LogP contribution in [0.2, 0.25) is 0 Å². The number of amides is 1. The molecule has 0 aromatic heterocycles. The SMILES string of the molecule is COc1ccc(S(=O)(=O)Nc2cc(-c3c(OC(=O)NCCCC(=O)O)ccc4ccccc34)c(O)c3ccccc23)cc1. The second-order valence-electron chi connectivity index (χ2n) is 9.62. The van der Waals surface area contributed by atoms with Gasteiger partial charge in [-0.05, 0) is 53.6 Å². The van der Waals surface area contributed by atoms with Crippen LogP contribution in [0.5, 0.6) is 17.2 Å². The van der Waals surface area contributed by atoms with Crippen molar-refractivity contribution in [2.24, 2.45) is 0 Å². The number of ether oxygens (including phenoxy) is 2. The maximum absolute atomic E-state index is 13.4. The highest BCUT2D eigenvalue weighted by Crippen LogP contribution is 2.46. The minimum atomic E-state index is -4.06. The van der Waals surface area contributed by atoms with Crippen molar-refractivity contribution in [1.82, 2.24) is 5.32 Å². The molecule has 0 aliphatic heterocycles. The summed E-state index contributed by atoms with van der Waals surface area (Å²) >= 11 is 0. The van der Waals surface area contributed by atoms with Crippen LogP contribution in [0.15, 0.2) is 95.9 Å². The van der Waals surface area contributed by atoms with Crippen LogP contribution in [-0.2, 0) is 14.8 Å². The van der Waals surface area contributed by atoms with Crippen LogP contribution >= 0.6 is 0 Å². The van der Waals surface area contributed by atoms with E-state index in [2.05, 4.69) is 10.0 Å². The van der Waals surface area contributed by atoms with E-state index in [4.69, 9.17) is 14.6 Å². The molecule has 1 amide bonds. The van der Waals surface area contributed by atoms with E-state index in [0.717, 1.165) is 5.39 Å². The molecule has 0 fully saturated rings. The Bertz CT molecular complexity index is 1940. The first-order chi connectivity index (χ1) is 20.7. The molecular formula is C32H28N2O8S. The Kier molecular flexibility index (Phi) is 8.35. The fourth-order valence-electron chi connectivity index (χ4n) is 4.77. The number of nitrogens with one attached hydrogen (secondary N) is 2. The lowest BCUT2D eigenvalue weighted by Crippen LogP contribution is -2.28. The van der Waals surface area contributed by atoms with Crippen LogP contribution in [0, 0.1) is 0 Å². The Balaban J connectivity index is 1.62. The van der Waals surface area contributed by atoms with E-state index >= 15 is 0 Å². The van der Waals surface area contributed by atoms with Crippen LogP contribution in [0.3, 0.4) is 0 Å². The molecule has 0 saturated heterocycles. The number of rotatable bonds is 10. The number of fused-ring (bicyclic) bond motifs is 2. The third-order valence-electron chi connectivity index (χ3n) is 6.83. The van der Waals surface area contributed by atoms with Crippen molar-refractivity contribution in [3.05, 3.63) is 91.0 Å². The molecule has 0 radical (unpaired) electrons. The summed E-state index contributed by atoms with van der Waals surface area (Å²) in [5, 5.41) is 25.2. The molecule has 5 aromatic carbocycles. The van der Waals surface area contributed by atoms with Gasteiger partial charge in [0.1, 0.15) is 17.2 Å². The number of aliphatic carboxylic acids is 1. The maximum atomic E-state index is 13.4. The third kappa shape index (κ3) is 6.31. The predicted molar refractivity (Wildman–Crippen MR) is 163 cm³/mol. The monoisotopic (exact) mass is 600 g/mol. The molecule has 0 atom stereocenters. The summed E-state index contributed by atoms with van der Waals surface area (Å²) in [7, 11) is -2.57. The smallest absolute Gasteiger partial charge is 0.412 e. The van der Waals surface area contributed by atoms with Crippen molar-refractivity contribution in [3.63, 3.8) is 0 Å². The number of carbonyl (C=O) groups excluding carboxylic acids is 1. The zero-order valence-electron chi connectivity index (χ0n) is 23.0. The highest BCUT2D eigenvalue weighted by molar-refractivity contribution is 7.92. The van der Waals surface area contributed by atoms with Gasteiger partial charge in [0.2, 0.25) is 0 Å². The molecule has 0 bridgehead atoms. The largest absolute Gasteiger partial charge is 0.507 e. The lowest BCUT2D eigenvalue weighted by molar-refractivity contribution is -0.137. The van der Waals surface area contributed by atoms with Crippen molar-refractivity contribution >= 4 is 49.3 Å². The van der Waals surface area contributed by atoms with E-state index in [1.165, 1.54) is 25.3 Å². The van der Waals surface area contributed by atoms with Crippen molar-refractivity contribution in [3.8, 4) is 28.4 Å². The summed E-state index contributed by atoms with van der Waals surface area (Å²) in [5.74, 6) is -0.488. The highest BCUT2D eigenvalue weighted by atomic mass is 32.2. The Morgan fingerprint density at radius 2 is 1.53 bits per heavy atom. The molecule has 5 rings (SSSR count). The fraction of sp³-hybridized carbons (Fsp3) is 0.125. The molecule has 5 aromatic rings. The van der Waals surface area contributed by atoms with E-state index in [-0.39, 0.29) is 47.0 Å². The van der Waals surface area contributed by atoms with Crippen LogP contribution in [-0.4, -0.2) is 44.3 Å². The molecular weight excluding hydrogens is 572 g/mol. The summed E-state index contributed by atoms with van der Waals surface area (Å²) in [6.07, 6.45) is -0.692. The molecule has 0 unspecified atom stereocenters. The van der Waals surface area contributed by atoms with Gasteiger partial charge >= 0.3 is 12.1 Å². The molecule has 220 valence electrons. The van der Waals surface area contributed by atoms with Gasteiger partial charge in [0, 0.05) is 34.9 Å². The first kappa shape index (κ1) is 29.2. The van der Waals surface area contributed by atoms with E-state index < -0.39 is 22.1 Å². The quantitative estimate of drug-likeness (QED) is 0.110. The van der Waals surface area contributed by atoms with E-state index in [9.17, 15) is 23.1 Å². The van der Waals surface area contributed by atoms with Gasteiger partial charge in [-0.1, -0.05) is 54.6 Å². The van der Waals surface area contributed by atoms with Gasteiger partial charge < -0.3 is 25.0 Å². The maximum Gasteiger partial charge on any atom is 0.412 e. The lowest BCUT2D eigenvalue weighted by Gasteiger charge is -2.19. The Morgan fingerprint density at radius 3 is 2.23 bits per heavy atom. The van der Waals surface area contributed by atoms with Crippen LogP contribution in [0.1, 0.15) is 12.8 Å². The normalized spacial score (nSPS) is 11.3. The van der Waals surface area contributed by atoms with Crippen molar-refractivity contribution in [2.45, 2.75) is 17.7 Å². The number of sulfonamides is 1. The van der Waals surface area contributed by atoms with Crippen molar-refractivity contribution in [1.29, 1.82) is 0 Å². The summed E-state index contributed by atoms with van der Waals surface area (Å²) < 4.78 is 40.3. The predicted octanol–water partition coefficient (Wildman–Crippen LogP) is 6.13. The first-order valence-electron chi connectivity index (χ1n) is 13.3. The average molecular weight is 601 g/mol. The molecule has 4 N–H and O–H groups in total. The molecule has 11 heteroatoms. The molecule has 0 aliphatic rings. The van der Waals surface area contributed by atoms with Gasteiger partial charge in [-0.25, -0.2) is 13.2 Å². The molecule has 10 nitrogen and oxygen atoms in total. The van der Waals surface area contributed by atoms with E-state index in [1.807, 2.05) is 12.1 Å². The fourth-order valence-corrected chi connectivity index (χ4v) is 5.84. The number of benzene rings is 5. The first-order valence-corrected chi connectivity index (χ1v) is 14.8. The molecule has 43 heavy (non-hydrogen) atoms. The van der Waals surface area contributed by atoms with Gasteiger partial charge in [0.05, 0.1) is 17.7 Å². The van der Waals surface area contributed by atoms with Crippen LogP contribution in [0.25, 0.3) is 32.7 Å². The number of anilines is 1. The lowest BCUT2D eigenvalue weighted by atomic mass is 9.93. The summed E-state index contributed by atoms with van der Waals surface area (Å²) in [6.45, 7) is 0.0898. The molecule has 0 heterocycles. The molecule has 0 spiro atoms. The second kappa shape index (κ2) is 12.3.